The van der Waals surface area contributed by atoms with Crippen molar-refractivity contribution >= 4 is 23.4 Å². The van der Waals surface area contributed by atoms with Gasteiger partial charge < -0.3 is 10.4 Å². The molecule has 5 heteroatoms. The van der Waals surface area contributed by atoms with E-state index in [4.69, 9.17) is 5.11 Å². The normalized spacial score (nSPS) is 12.5. The third-order valence-corrected chi connectivity index (χ3v) is 3.88. The van der Waals surface area contributed by atoms with Gasteiger partial charge in [-0.15, -0.1) is 11.8 Å². The average molecular weight is 282 g/mol. The molecule has 1 atom stereocenters. The fraction of sp³-hybridized carbons (Fsp3) is 0.500. The molecule has 0 aliphatic carbocycles. The summed E-state index contributed by atoms with van der Waals surface area (Å²) in [6.07, 6.45) is 1.98. The van der Waals surface area contributed by atoms with E-state index in [2.05, 4.69) is 5.32 Å². The molecule has 19 heavy (non-hydrogen) atoms. The van der Waals surface area contributed by atoms with Crippen molar-refractivity contribution in [3.8, 4) is 0 Å². The number of para-hydroxylation sites is 1. The predicted molar refractivity (Wildman–Crippen MR) is 80.6 cm³/mol. The topological polar surface area (TPSA) is 52.6 Å². The zero-order valence-electron chi connectivity index (χ0n) is 11.7. The van der Waals surface area contributed by atoms with E-state index >= 15 is 0 Å². The monoisotopic (exact) mass is 282 g/mol. The van der Waals surface area contributed by atoms with Crippen LogP contribution in [0.1, 0.15) is 13.8 Å². The fourth-order valence-electron chi connectivity index (χ4n) is 1.90. The highest BCUT2D eigenvalue weighted by Crippen LogP contribution is 2.24. The Hall–Kier alpha value is -1.04. The Bertz CT molecular complexity index is 412. The second-order valence-electron chi connectivity index (χ2n) is 4.22. The molecule has 0 saturated heterocycles. The third-order valence-electron chi connectivity index (χ3n) is 3.09. The number of nitrogens with one attached hydrogen (secondary N) is 1. The highest BCUT2D eigenvalue weighted by atomic mass is 32.2. The molecule has 1 amide bonds. The number of hydrogen-bond donors (Lipinski definition) is 2. The highest BCUT2D eigenvalue weighted by Gasteiger charge is 2.20. The molecule has 4 nitrogen and oxygen atoms in total. The van der Waals surface area contributed by atoms with E-state index in [1.165, 1.54) is 0 Å². The number of rotatable bonds is 7. The number of amides is 1. The van der Waals surface area contributed by atoms with Gasteiger partial charge in [0, 0.05) is 11.4 Å². The zero-order chi connectivity index (χ0) is 14.3. The number of hydrogen-bond acceptors (Lipinski definition) is 4. The molecule has 0 fully saturated rings. The molecule has 106 valence electrons. The van der Waals surface area contributed by atoms with Gasteiger partial charge in [-0.1, -0.05) is 19.1 Å². The van der Waals surface area contributed by atoms with Gasteiger partial charge in [0.25, 0.3) is 0 Å². The molecule has 0 saturated carbocycles. The maximum atomic E-state index is 12.2. The quantitative estimate of drug-likeness (QED) is 0.752. The molecule has 0 aliphatic heterocycles. The minimum atomic E-state index is -0.257. The summed E-state index contributed by atoms with van der Waals surface area (Å²) >= 11 is 1.61. The van der Waals surface area contributed by atoms with Crippen molar-refractivity contribution in [2.75, 3.05) is 31.3 Å². The lowest BCUT2D eigenvalue weighted by Crippen LogP contribution is -2.43. The summed E-state index contributed by atoms with van der Waals surface area (Å²) in [6, 6.07) is 7.49. The van der Waals surface area contributed by atoms with Gasteiger partial charge in [-0.05, 0) is 31.9 Å². The average Bonchev–Trinajstić information content (AvgIpc) is 2.44. The third kappa shape index (κ3) is 4.53. The van der Waals surface area contributed by atoms with Crippen LogP contribution < -0.4 is 5.32 Å². The van der Waals surface area contributed by atoms with Crippen LogP contribution >= 0.6 is 11.8 Å². The molecular weight excluding hydrogens is 260 g/mol. The van der Waals surface area contributed by atoms with Crippen molar-refractivity contribution in [3.63, 3.8) is 0 Å². The molecule has 0 heterocycles. The van der Waals surface area contributed by atoms with E-state index in [1.807, 2.05) is 49.3 Å². The second-order valence-corrected chi connectivity index (χ2v) is 5.07. The first-order chi connectivity index (χ1) is 9.13. The summed E-state index contributed by atoms with van der Waals surface area (Å²) in [5, 5.41) is 11.9. The van der Waals surface area contributed by atoms with Crippen LogP contribution in [0.15, 0.2) is 29.2 Å². The van der Waals surface area contributed by atoms with E-state index in [9.17, 15) is 4.79 Å². The number of aliphatic hydroxyl groups excluding tert-OH is 1. The van der Waals surface area contributed by atoms with Crippen LogP contribution in [0, 0.1) is 0 Å². The molecule has 1 unspecified atom stereocenters. The lowest BCUT2D eigenvalue weighted by atomic mass is 10.2. The van der Waals surface area contributed by atoms with Gasteiger partial charge in [0.1, 0.15) is 0 Å². The van der Waals surface area contributed by atoms with Crippen molar-refractivity contribution in [2.24, 2.45) is 0 Å². The minimum Gasteiger partial charge on any atom is -0.395 e. The lowest BCUT2D eigenvalue weighted by molar-refractivity contribution is -0.120. The van der Waals surface area contributed by atoms with Crippen LogP contribution in [0.25, 0.3) is 0 Å². The lowest BCUT2D eigenvalue weighted by Gasteiger charge is -2.26. The highest BCUT2D eigenvalue weighted by molar-refractivity contribution is 7.98. The molecule has 0 radical (unpaired) electrons. The fourth-order valence-corrected chi connectivity index (χ4v) is 2.46. The summed E-state index contributed by atoms with van der Waals surface area (Å²) in [4.78, 5) is 15.2. The standard InChI is InChI=1S/C14H22N2O2S/c1-4-16(9-10-17)11(2)14(18)15-12-7-5-6-8-13(12)19-3/h5-8,11,17H,4,9-10H2,1-3H3,(H,15,18). The van der Waals surface area contributed by atoms with Crippen LogP contribution in [-0.2, 0) is 4.79 Å². The SMILES string of the molecule is CCN(CCO)C(C)C(=O)Nc1ccccc1SC. The van der Waals surface area contributed by atoms with Gasteiger partial charge in [-0.3, -0.25) is 9.69 Å². The smallest absolute Gasteiger partial charge is 0.241 e. The van der Waals surface area contributed by atoms with Gasteiger partial charge >= 0.3 is 0 Å². The first-order valence-electron chi connectivity index (χ1n) is 6.42. The molecule has 1 rings (SSSR count). The molecular formula is C14H22N2O2S. The summed E-state index contributed by atoms with van der Waals surface area (Å²) in [5.74, 6) is -0.0446. The van der Waals surface area contributed by atoms with Gasteiger partial charge in [-0.2, -0.15) is 0 Å². The van der Waals surface area contributed by atoms with Crippen LogP contribution in [0.5, 0.6) is 0 Å². The number of nitrogens with zero attached hydrogens (tertiary/aromatic N) is 1. The number of thioether (sulfide) groups is 1. The maximum absolute atomic E-state index is 12.2. The first-order valence-corrected chi connectivity index (χ1v) is 7.65. The predicted octanol–water partition coefficient (Wildman–Crippen LogP) is 2.05. The second kappa shape index (κ2) is 8.19. The molecule has 1 aromatic carbocycles. The van der Waals surface area contributed by atoms with Crippen LogP contribution in [-0.4, -0.2) is 47.9 Å². The summed E-state index contributed by atoms with van der Waals surface area (Å²) < 4.78 is 0. The largest absolute Gasteiger partial charge is 0.395 e. The van der Waals surface area contributed by atoms with Crippen LogP contribution in [0.2, 0.25) is 0 Å². The molecule has 0 aliphatic rings. The molecule has 0 spiro atoms. The molecule has 2 N–H and O–H groups in total. The molecule has 0 bridgehead atoms. The Morgan fingerprint density at radius 1 is 1.47 bits per heavy atom. The molecule has 0 aromatic heterocycles. The Balaban J connectivity index is 2.73. The number of benzene rings is 1. The Morgan fingerprint density at radius 2 is 2.16 bits per heavy atom. The van der Waals surface area contributed by atoms with Gasteiger partial charge in [0.05, 0.1) is 18.3 Å². The summed E-state index contributed by atoms with van der Waals surface area (Å²) in [7, 11) is 0. The number of anilines is 1. The number of likely N-dealkylation sites (N-methyl/N-ethyl adjacent to an activating group) is 1. The number of carbonyl (C=O) groups excluding carboxylic acids is 1. The first kappa shape index (κ1) is 16.0. The Kier molecular flexibility index (Phi) is 6.91. The van der Waals surface area contributed by atoms with E-state index in [0.29, 0.717) is 6.54 Å². The van der Waals surface area contributed by atoms with E-state index in [0.717, 1.165) is 17.1 Å². The zero-order valence-corrected chi connectivity index (χ0v) is 12.5. The van der Waals surface area contributed by atoms with E-state index < -0.39 is 0 Å². The van der Waals surface area contributed by atoms with Gasteiger partial charge in [0.15, 0.2) is 0 Å². The van der Waals surface area contributed by atoms with E-state index in [1.54, 1.807) is 11.8 Å². The van der Waals surface area contributed by atoms with Crippen LogP contribution in [0.4, 0.5) is 5.69 Å². The number of aliphatic hydroxyl groups is 1. The summed E-state index contributed by atoms with van der Waals surface area (Å²) in [6.45, 7) is 5.15. The van der Waals surface area contributed by atoms with Crippen molar-refractivity contribution in [2.45, 2.75) is 24.8 Å². The van der Waals surface area contributed by atoms with Crippen molar-refractivity contribution in [1.29, 1.82) is 0 Å². The van der Waals surface area contributed by atoms with E-state index in [-0.39, 0.29) is 18.6 Å². The minimum absolute atomic E-state index is 0.0446. The Labute approximate surface area is 119 Å². The Morgan fingerprint density at radius 3 is 2.74 bits per heavy atom. The van der Waals surface area contributed by atoms with Crippen molar-refractivity contribution in [3.05, 3.63) is 24.3 Å². The van der Waals surface area contributed by atoms with Crippen LogP contribution in [0.3, 0.4) is 0 Å². The summed E-state index contributed by atoms with van der Waals surface area (Å²) in [5.41, 5.74) is 0.840. The van der Waals surface area contributed by atoms with Crippen molar-refractivity contribution in [1.82, 2.24) is 4.90 Å². The number of carbonyl (C=O) groups is 1. The maximum Gasteiger partial charge on any atom is 0.241 e. The van der Waals surface area contributed by atoms with Gasteiger partial charge in [-0.25, -0.2) is 0 Å². The van der Waals surface area contributed by atoms with Gasteiger partial charge in [0.2, 0.25) is 5.91 Å². The molecule has 1 aromatic rings. The van der Waals surface area contributed by atoms with Crippen molar-refractivity contribution < 1.29 is 9.90 Å².